The van der Waals surface area contributed by atoms with Crippen LogP contribution in [0.5, 0.6) is 0 Å². The zero-order valence-electron chi connectivity index (χ0n) is 14.5. The molecule has 0 radical (unpaired) electrons. The Morgan fingerprint density at radius 1 is 1.33 bits per heavy atom. The Morgan fingerprint density at radius 3 is 2.89 bits per heavy atom. The first-order chi connectivity index (χ1) is 12.9. The summed E-state index contributed by atoms with van der Waals surface area (Å²) in [6.45, 7) is 1.91. The molecule has 3 heterocycles. The summed E-state index contributed by atoms with van der Waals surface area (Å²) in [6, 6.07) is 5.19. The van der Waals surface area contributed by atoms with Gasteiger partial charge in [-0.25, -0.2) is 8.42 Å². The van der Waals surface area contributed by atoms with E-state index in [0.717, 1.165) is 16.8 Å². The fraction of sp³-hybridized carbons (Fsp3) is 0.278. The molecule has 2 atom stereocenters. The molecule has 1 aliphatic carbocycles. The first-order valence-electron chi connectivity index (χ1n) is 8.42. The molecule has 2 N–H and O–H groups in total. The quantitative estimate of drug-likeness (QED) is 0.733. The highest BCUT2D eigenvalue weighted by molar-refractivity contribution is 7.91. The van der Waals surface area contributed by atoms with Gasteiger partial charge in [-0.3, -0.25) is 4.72 Å². The minimum Gasteiger partial charge on any atom is -0.472 e. The van der Waals surface area contributed by atoms with Crippen molar-refractivity contribution in [2.75, 3.05) is 0 Å². The van der Waals surface area contributed by atoms with Crippen LogP contribution >= 0.6 is 23.6 Å². The first kappa shape index (κ1) is 18.3. The predicted octanol–water partition coefficient (Wildman–Crippen LogP) is 3.63. The number of rotatable bonds is 4. The normalized spacial score (nSPS) is 23.0. The van der Waals surface area contributed by atoms with Crippen LogP contribution in [0.3, 0.4) is 0 Å². The molecule has 0 aromatic carbocycles. The molecule has 0 amide bonds. The number of allylic oxidation sites excluding steroid dienone is 3. The van der Waals surface area contributed by atoms with E-state index in [1.54, 1.807) is 30.0 Å². The summed E-state index contributed by atoms with van der Waals surface area (Å²) in [5.41, 5.74) is 3.29. The van der Waals surface area contributed by atoms with Gasteiger partial charge in [-0.15, -0.1) is 11.3 Å². The lowest BCUT2D eigenvalue weighted by Gasteiger charge is -2.26. The number of hydrogen-bond donors (Lipinski definition) is 2. The van der Waals surface area contributed by atoms with Crippen LogP contribution in [0.15, 0.2) is 67.8 Å². The first-order valence-corrected chi connectivity index (χ1v) is 11.2. The fourth-order valence-electron chi connectivity index (χ4n) is 3.30. The Morgan fingerprint density at radius 2 is 2.19 bits per heavy atom. The second-order valence-corrected chi connectivity index (χ2v) is 9.72. The number of ether oxygens (including phenoxy) is 1. The average molecular weight is 423 g/mol. The van der Waals surface area contributed by atoms with Gasteiger partial charge in [-0.2, -0.15) is 0 Å². The van der Waals surface area contributed by atoms with Crippen molar-refractivity contribution in [2.45, 2.75) is 36.0 Å². The minimum absolute atomic E-state index is 0.0350. The lowest BCUT2D eigenvalue weighted by Crippen LogP contribution is -2.29. The van der Waals surface area contributed by atoms with E-state index in [2.05, 4.69) is 10.0 Å². The molecule has 2 aromatic heterocycles. The molecule has 2 unspecified atom stereocenters. The molecule has 4 rings (SSSR count). The van der Waals surface area contributed by atoms with Crippen molar-refractivity contribution in [2.24, 2.45) is 0 Å². The summed E-state index contributed by atoms with van der Waals surface area (Å²) < 4.78 is 39.5. The third-order valence-electron chi connectivity index (χ3n) is 4.51. The molecule has 2 aromatic rings. The van der Waals surface area contributed by atoms with Gasteiger partial charge in [0, 0.05) is 18.0 Å². The Bertz CT molecular complexity index is 1010. The summed E-state index contributed by atoms with van der Waals surface area (Å²) >= 11 is 6.43. The van der Waals surface area contributed by atoms with Crippen molar-refractivity contribution < 1.29 is 17.6 Å². The van der Waals surface area contributed by atoms with Gasteiger partial charge in [0.2, 0.25) is 0 Å². The highest BCUT2D eigenvalue weighted by Gasteiger charge is 2.31. The maximum absolute atomic E-state index is 12.8. The Hall–Kier alpha value is -2.10. The third-order valence-corrected chi connectivity index (χ3v) is 7.47. The topological polar surface area (TPSA) is 80.6 Å². The monoisotopic (exact) mass is 422 g/mol. The summed E-state index contributed by atoms with van der Waals surface area (Å²) in [5.74, 6) is -0.0350. The summed E-state index contributed by atoms with van der Waals surface area (Å²) in [7, 11) is -3.66. The maximum Gasteiger partial charge on any atom is 0.271 e. The molecule has 0 saturated carbocycles. The second-order valence-electron chi connectivity index (χ2n) is 6.49. The van der Waals surface area contributed by atoms with Crippen molar-refractivity contribution in [3.05, 3.63) is 64.7 Å². The van der Waals surface area contributed by atoms with E-state index in [1.807, 2.05) is 19.1 Å². The lowest BCUT2D eigenvalue weighted by atomic mass is 9.86. The van der Waals surface area contributed by atoms with E-state index in [4.69, 9.17) is 21.4 Å². The zero-order chi connectivity index (χ0) is 19.0. The molecule has 0 saturated heterocycles. The van der Waals surface area contributed by atoms with Gasteiger partial charge in [0.25, 0.3) is 15.2 Å². The van der Waals surface area contributed by atoms with Crippen LogP contribution in [-0.4, -0.2) is 19.7 Å². The van der Waals surface area contributed by atoms with Crippen LogP contribution in [0.2, 0.25) is 0 Å². The number of nitrogens with one attached hydrogen (secondary N) is 2. The van der Waals surface area contributed by atoms with Gasteiger partial charge in [-0.1, -0.05) is 12.1 Å². The molecular formula is C18H18N2O4S3. The van der Waals surface area contributed by atoms with E-state index >= 15 is 0 Å². The molecule has 0 bridgehead atoms. The van der Waals surface area contributed by atoms with Crippen LogP contribution < -0.4 is 10.0 Å². The molecule has 0 spiro atoms. The van der Waals surface area contributed by atoms with E-state index in [0.29, 0.717) is 23.7 Å². The van der Waals surface area contributed by atoms with Crippen LogP contribution in [0.4, 0.5) is 0 Å². The molecule has 142 valence electrons. The Kier molecular flexibility index (Phi) is 4.83. The van der Waals surface area contributed by atoms with Crippen molar-refractivity contribution in [1.82, 2.24) is 10.0 Å². The molecule has 2 aliphatic rings. The fourth-order valence-corrected chi connectivity index (χ4v) is 5.67. The number of thiocarbonyl (C=S) groups is 1. The van der Waals surface area contributed by atoms with Gasteiger partial charge in [-0.05, 0) is 54.2 Å². The average Bonchev–Trinajstić information content (AvgIpc) is 3.28. The SMILES string of the molecule is CC1CC2=C(CC(c3ccoc3)C=C2NS(=O)(=O)c2cccs2)NC(=S)O1. The highest BCUT2D eigenvalue weighted by Crippen LogP contribution is 2.37. The van der Waals surface area contributed by atoms with Crippen LogP contribution in [0, 0.1) is 0 Å². The van der Waals surface area contributed by atoms with E-state index in [-0.39, 0.29) is 16.2 Å². The zero-order valence-corrected chi connectivity index (χ0v) is 16.9. The molecular weight excluding hydrogens is 404 g/mol. The van der Waals surface area contributed by atoms with Crippen molar-refractivity contribution in [3.8, 4) is 0 Å². The molecule has 6 nitrogen and oxygen atoms in total. The Labute approximate surface area is 167 Å². The van der Waals surface area contributed by atoms with Gasteiger partial charge in [0.05, 0.1) is 18.2 Å². The van der Waals surface area contributed by atoms with E-state index in [1.165, 1.54) is 11.3 Å². The number of furan rings is 1. The number of thiophene rings is 1. The summed E-state index contributed by atoms with van der Waals surface area (Å²) in [5, 5.41) is 5.19. The highest BCUT2D eigenvalue weighted by atomic mass is 32.2. The predicted molar refractivity (Wildman–Crippen MR) is 107 cm³/mol. The van der Waals surface area contributed by atoms with Crippen molar-refractivity contribution in [3.63, 3.8) is 0 Å². The molecule has 27 heavy (non-hydrogen) atoms. The number of sulfonamides is 1. The third kappa shape index (κ3) is 3.80. The lowest BCUT2D eigenvalue weighted by molar-refractivity contribution is 0.212. The number of hydrogen-bond acceptors (Lipinski definition) is 6. The molecule has 0 fully saturated rings. The second kappa shape index (κ2) is 7.14. The van der Waals surface area contributed by atoms with E-state index in [9.17, 15) is 8.42 Å². The van der Waals surface area contributed by atoms with Gasteiger partial charge in [0.15, 0.2) is 0 Å². The van der Waals surface area contributed by atoms with Crippen LogP contribution in [0.25, 0.3) is 0 Å². The summed E-state index contributed by atoms with van der Waals surface area (Å²) in [6.07, 6.45) is 6.29. The minimum atomic E-state index is -3.66. The van der Waals surface area contributed by atoms with E-state index < -0.39 is 10.0 Å². The van der Waals surface area contributed by atoms with Crippen LogP contribution in [0.1, 0.15) is 31.2 Å². The van der Waals surface area contributed by atoms with Gasteiger partial charge >= 0.3 is 0 Å². The largest absolute Gasteiger partial charge is 0.472 e. The summed E-state index contributed by atoms with van der Waals surface area (Å²) in [4.78, 5) is 0. The maximum atomic E-state index is 12.8. The van der Waals surface area contributed by atoms with Gasteiger partial charge in [0.1, 0.15) is 10.3 Å². The molecule has 9 heteroatoms. The van der Waals surface area contributed by atoms with Gasteiger partial charge < -0.3 is 14.5 Å². The standard InChI is InChI=1S/C18H18N2O4S3/c1-11-7-14-15(19-18(25)24-11)8-13(12-4-5-23-10-12)9-16(14)20-27(21,22)17-3-2-6-26-17/h2-6,9-11,13,20H,7-8H2,1H3,(H,19,25). The van der Waals surface area contributed by atoms with Crippen molar-refractivity contribution >= 4 is 38.8 Å². The Balaban J connectivity index is 1.75. The molecule has 1 aliphatic heterocycles. The van der Waals surface area contributed by atoms with Crippen LogP contribution in [-0.2, 0) is 14.8 Å². The smallest absolute Gasteiger partial charge is 0.271 e. The van der Waals surface area contributed by atoms with Crippen molar-refractivity contribution in [1.29, 1.82) is 0 Å².